The SMILES string of the molecule is CCN(CC)C(CNC(=O)N1CCCC(C(C)O)C1)c1ccccc1. The minimum atomic E-state index is -0.358. The quantitative estimate of drug-likeness (QED) is 0.797. The Kier molecular flexibility index (Phi) is 7.72. The van der Waals surface area contributed by atoms with Gasteiger partial charge in [-0.05, 0) is 38.4 Å². The summed E-state index contributed by atoms with van der Waals surface area (Å²) in [6.07, 6.45) is 1.60. The molecule has 0 aromatic heterocycles. The lowest BCUT2D eigenvalue weighted by Gasteiger charge is -2.35. The van der Waals surface area contributed by atoms with Crippen LogP contribution in [-0.4, -0.2) is 59.8 Å². The number of nitrogens with zero attached hydrogens (tertiary/aromatic N) is 2. The number of amides is 2. The van der Waals surface area contributed by atoms with Crippen LogP contribution in [0.25, 0.3) is 0 Å². The Morgan fingerprint density at radius 3 is 2.60 bits per heavy atom. The largest absolute Gasteiger partial charge is 0.393 e. The lowest BCUT2D eigenvalue weighted by atomic mass is 9.94. The van der Waals surface area contributed by atoms with Crippen molar-refractivity contribution in [1.82, 2.24) is 15.1 Å². The first-order chi connectivity index (χ1) is 12.1. The van der Waals surface area contributed by atoms with Crippen molar-refractivity contribution in [3.63, 3.8) is 0 Å². The Labute approximate surface area is 152 Å². The molecule has 1 aromatic rings. The lowest BCUT2D eigenvalue weighted by molar-refractivity contribution is 0.0733. The summed E-state index contributed by atoms with van der Waals surface area (Å²) in [5.74, 6) is 0.187. The molecule has 25 heavy (non-hydrogen) atoms. The van der Waals surface area contributed by atoms with E-state index in [2.05, 4.69) is 36.2 Å². The number of rotatable bonds is 7. The smallest absolute Gasteiger partial charge is 0.317 e. The molecular formula is C20H33N3O2. The monoisotopic (exact) mass is 347 g/mol. The van der Waals surface area contributed by atoms with Crippen LogP contribution in [0, 0.1) is 5.92 Å². The highest BCUT2D eigenvalue weighted by Gasteiger charge is 2.27. The Morgan fingerprint density at radius 1 is 1.32 bits per heavy atom. The van der Waals surface area contributed by atoms with E-state index >= 15 is 0 Å². The minimum absolute atomic E-state index is 0.0153. The number of hydrogen-bond donors (Lipinski definition) is 2. The predicted octanol–water partition coefficient (Wildman–Crippen LogP) is 2.87. The van der Waals surface area contributed by atoms with Crippen molar-refractivity contribution < 1.29 is 9.90 Å². The summed E-state index contributed by atoms with van der Waals surface area (Å²) in [6.45, 7) is 10.0. The molecule has 1 fully saturated rings. The van der Waals surface area contributed by atoms with E-state index in [1.54, 1.807) is 0 Å². The molecule has 0 saturated carbocycles. The number of piperidine rings is 1. The van der Waals surface area contributed by atoms with E-state index in [0.29, 0.717) is 13.1 Å². The Bertz CT molecular complexity index is 517. The van der Waals surface area contributed by atoms with Gasteiger partial charge in [0.05, 0.1) is 12.1 Å². The summed E-state index contributed by atoms with van der Waals surface area (Å²) >= 11 is 0. The van der Waals surface area contributed by atoms with E-state index < -0.39 is 0 Å². The van der Waals surface area contributed by atoms with Crippen LogP contribution in [0.15, 0.2) is 30.3 Å². The summed E-state index contributed by atoms with van der Waals surface area (Å²) in [6, 6.07) is 10.5. The molecule has 2 rings (SSSR count). The number of urea groups is 1. The van der Waals surface area contributed by atoms with Gasteiger partial charge in [-0.1, -0.05) is 44.2 Å². The van der Waals surface area contributed by atoms with Gasteiger partial charge >= 0.3 is 6.03 Å². The highest BCUT2D eigenvalue weighted by molar-refractivity contribution is 5.74. The fraction of sp³-hybridized carbons (Fsp3) is 0.650. The van der Waals surface area contributed by atoms with Crippen molar-refractivity contribution in [2.45, 2.75) is 45.8 Å². The van der Waals surface area contributed by atoms with Crippen molar-refractivity contribution in [3.8, 4) is 0 Å². The average Bonchev–Trinajstić information content (AvgIpc) is 2.65. The Balaban J connectivity index is 1.98. The maximum Gasteiger partial charge on any atom is 0.317 e. The third-order valence-electron chi connectivity index (χ3n) is 5.31. The highest BCUT2D eigenvalue weighted by Crippen LogP contribution is 2.21. The second-order valence-electron chi connectivity index (χ2n) is 6.92. The molecule has 2 amide bonds. The van der Waals surface area contributed by atoms with Crippen molar-refractivity contribution in [2.24, 2.45) is 5.92 Å². The van der Waals surface area contributed by atoms with Gasteiger partial charge in [0.15, 0.2) is 0 Å². The van der Waals surface area contributed by atoms with E-state index in [1.165, 1.54) is 5.56 Å². The van der Waals surface area contributed by atoms with Gasteiger partial charge in [0, 0.05) is 25.6 Å². The molecule has 3 atom stereocenters. The average molecular weight is 348 g/mol. The normalized spacial score (nSPS) is 20.4. The molecule has 0 bridgehead atoms. The number of carbonyl (C=O) groups excluding carboxylic acids is 1. The summed E-state index contributed by atoms with van der Waals surface area (Å²) in [5.41, 5.74) is 1.23. The van der Waals surface area contributed by atoms with Crippen LogP contribution in [0.1, 0.15) is 45.2 Å². The molecule has 5 nitrogen and oxygen atoms in total. The number of benzene rings is 1. The summed E-state index contributed by atoms with van der Waals surface area (Å²) in [4.78, 5) is 16.8. The molecule has 1 aromatic carbocycles. The molecule has 1 aliphatic rings. The molecule has 0 spiro atoms. The summed E-state index contributed by atoms with van der Waals surface area (Å²) in [5, 5.41) is 12.9. The van der Waals surface area contributed by atoms with E-state index in [-0.39, 0.29) is 24.1 Å². The third-order valence-corrected chi connectivity index (χ3v) is 5.31. The van der Waals surface area contributed by atoms with Crippen LogP contribution >= 0.6 is 0 Å². The maximum absolute atomic E-state index is 12.6. The molecule has 140 valence electrons. The molecule has 0 aliphatic carbocycles. The molecule has 3 unspecified atom stereocenters. The first-order valence-electron chi connectivity index (χ1n) is 9.56. The van der Waals surface area contributed by atoms with E-state index in [1.807, 2.05) is 30.0 Å². The molecule has 1 saturated heterocycles. The fourth-order valence-corrected chi connectivity index (χ4v) is 3.68. The number of aliphatic hydroxyl groups excluding tert-OH is 1. The van der Waals surface area contributed by atoms with Crippen LogP contribution in [0.4, 0.5) is 4.79 Å². The van der Waals surface area contributed by atoms with Crippen LogP contribution in [-0.2, 0) is 0 Å². The zero-order valence-electron chi connectivity index (χ0n) is 15.8. The van der Waals surface area contributed by atoms with Crippen LogP contribution in [0.5, 0.6) is 0 Å². The van der Waals surface area contributed by atoms with Gasteiger partial charge in [0.2, 0.25) is 0 Å². The second kappa shape index (κ2) is 9.78. The zero-order chi connectivity index (χ0) is 18.2. The van der Waals surface area contributed by atoms with Gasteiger partial charge in [-0.3, -0.25) is 4.90 Å². The number of nitrogens with one attached hydrogen (secondary N) is 1. The topological polar surface area (TPSA) is 55.8 Å². The van der Waals surface area contributed by atoms with E-state index in [0.717, 1.165) is 32.5 Å². The Hall–Kier alpha value is -1.59. The molecular weight excluding hydrogens is 314 g/mol. The van der Waals surface area contributed by atoms with Crippen LogP contribution < -0.4 is 5.32 Å². The summed E-state index contributed by atoms with van der Waals surface area (Å²) in [7, 11) is 0. The van der Waals surface area contributed by atoms with Gasteiger partial charge < -0.3 is 15.3 Å². The fourth-order valence-electron chi connectivity index (χ4n) is 3.68. The Morgan fingerprint density at radius 2 is 2.00 bits per heavy atom. The third kappa shape index (κ3) is 5.44. The first kappa shape index (κ1) is 19.7. The number of carbonyl (C=O) groups is 1. The standard InChI is InChI=1S/C20H33N3O2/c1-4-22(5-2)19(17-10-7-6-8-11-17)14-21-20(25)23-13-9-12-18(15-23)16(3)24/h6-8,10-11,16,18-19,24H,4-5,9,12-15H2,1-3H3,(H,21,25). The van der Waals surface area contributed by atoms with Crippen molar-refractivity contribution in [3.05, 3.63) is 35.9 Å². The molecule has 5 heteroatoms. The summed E-state index contributed by atoms with van der Waals surface area (Å²) < 4.78 is 0. The molecule has 2 N–H and O–H groups in total. The highest BCUT2D eigenvalue weighted by atomic mass is 16.3. The van der Waals surface area contributed by atoms with Crippen molar-refractivity contribution in [1.29, 1.82) is 0 Å². The number of aliphatic hydroxyl groups is 1. The van der Waals surface area contributed by atoms with Gasteiger partial charge in [-0.15, -0.1) is 0 Å². The second-order valence-corrected chi connectivity index (χ2v) is 6.92. The number of likely N-dealkylation sites (N-methyl/N-ethyl adjacent to an activating group) is 1. The van der Waals surface area contributed by atoms with Crippen molar-refractivity contribution in [2.75, 3.05) is 32.7 Å². The predicted molar refractivity (Wildman–Crippen MR) is 101 cm³/mol. The number of likely N-dealkylation sites (tertiary alicyclic amines) is 1. The van der Waals surface area contributed by atoms with E-state index in [4.69, 9.17) is 0 Å². The van der Waals surface area contributed by atoms with Crippen LogP contribution in [0.3, 0.4) is 0 Å². The van der Waals surface area contributed by atoms with Gasteiger partial charge in [0.25, 0.3) is 0 Å². The van der Waals surface area contributed by atoms with E-state index in [9.17, 15) is 9.90 Å². The van der Waals surface area contributed by atoms with Gasteiger partial charge in [-0.2, -0.15) is 0 Å². The first-order valence-corrected chi connectivity index (χ1v) is 9.56. The maximum atomic E-state index is 12.6. The van der Waals surface area contributed by atoms with Crippen molar-refractivity contribution >= 4 is 6.03 Å². The van der Waals surface area contributed by atoms with Crippen LogP contribution in [0.2, 0.25) is 0 Å². The molecule has 1 heterocycles. The molecule has 0 radical (unpaired) electrons. The van der Waals surface area contributed by atoms with Gasteiger partial charge in [-0.25, -0.2) is 4.79 Å². The zero-order valence-corrected chi connectivity index (χ0v) is 15.8. The lowest BCUT2D eigenvalue weighted by Crippen LogP contribution is -2.49. The minimum Gasteiger partial charge on any atom is -0.393 e. The number of hydrogen-bond acceptors (Lipinski definition) is 3. The van der Waals surface area contributed by atoms with Gasteiger partial charge in [0.1, 0.15) is 0 Å². The molecule has 1 aliphatic heterocycles.